The predicted molar refractivity (Wildman–Crippen MR) is 88.4 cm³/mol. The minimum atomic E-state index is -0.139. The van der Waals surface area contributed by atoms with Gasteiger partial charge in [0.25, 0.3) is 5.91 Å². The first-order valence-corrected chi connectivity index (χ1v) is 7.18. The molecule has 0 saturated carbocycles. The largest absolute Gasteiger partial charge is 0.316 e. The summed E-state index contributed by atoms with van der Waals surface area (Å²) in [6, 6.07) is 9.49. The number of hydrogen-bond acceptors (Lipinski definition) is 4. The van der Waals surface area contributed by atoms with Gasteiger partial charge in [-0.1, -0.05) is 12.1 Å². The smallest absolute Gasteiger partial charge is 0.256 e. The van der Waals surface area contributed by atoms with Crippen LogP contribution in [-0.4, -0.2) is 29.0 Å². The van der Waals surface area contributed by atoms with Crippen molar-refractivity contribution < 1.29 is 4.79 Å². The molecule has 116 valence electrons. The van der Waals surface area contributed by atoms with E-state index in [1.165, 1.54) is 18.3 Å². The summed E-state index contributed by atoms with van der Waals surface area (Å²) in [5, 5.41) is 6.15. The molecule has 1 amide bonds. The second kappa shape index (κ2) is 7.87. The van der Waals surface area contributed by atoms with Crippen molar-refractivity contribution in [1.29, 1.82) is 0 Å². The summed E-state index contributed by atoms with van der Waals surface area (Å²) in [6.07, 6.45) is 5.24. The molecule has 6 heteroatoms. The molecule has 3 rings (SSSR count). The van der Waals surface area contributed by atoms with Gasteiger partial charge in [-0.2, -0.15) is 0 Å². The number of rotatable bonds is 4. The van der Waals surface area contributed by atoms with Gasteiger partial charge in [0.05, 0.1) is 0 Å². The molecule has 22 heavy (non-hydrogen) atoms. The van der Waals surface area contributed by atoms with E-state index in [4.69, 9.17) is 0 Å². The van der Waals surface area contributed by atoms with Crippen molar-refractivity contribution in [1.82, 2.24) is 15.3 Å². The van der Waals surface area contributed by atoms with Crippen LogP contribution in [0.3, 0.4) is 0 Å². The van der Waals surface area contributed by atoms with Gasteiger partial charge in [0.2, 0.25) is 0 Å². The molecule has 1 fully saturated rings. The maximum Gasteiger partial charge on any atom is 0.256 e. The maximum atomic E-state index is 12.2. The average molecular weight is 319 g/mol. The third-order valence-corrected chi connectivity index (χ3v) is 3.70. The van der Waals surface area contributed by atoms with Crippen LogP contribution >= 0.6 is 12.4 Å². The van der Waals surface area contributed by atoms with Crippen LogP contribution in [0.25, 0.3) is 0 Å². The van der Waals surface area contributed by atoms with Gasteiger partial charge in [-0.05, 0) is 55.6 Å². The highest BCUT2D eigenvalue weighted by Gasteiger charge is 2.15. The number of hydrogen-bond donors (Lipinski definition) is 2. The van der Waals surface area contributed by atoms with E-state index in [-0.39, 0.29) is 18.3 Å². The predicted octanol–water partition coefficient (Wildman–Crippen LogP) is 2.30. The molecule has 1 saturated heterocycles. The summed E-state index contributed by atoms with van der Waals surface area (Å²) in [6.45, 7) is 2.16. The number of carbonyl (C=O) groups excluding carboxylic acids is 1. The zero-order valence-corrected chi connectivity index (χ0v) is 13.0. The van der Waals surface area contributed by atoms with E-state index < -0.39 is 0 Å². The molecule has 2 heterocycles. The van der Waals surface area contributed by atoms with Gasteiger partial charge in [-0.25, -0.2) is 9.97 Å². The first kappa shape index (κ1) is 16.4. The fourth-order valence-corrected chi connectivity index (χ4v) is 2.61. The van der Waals surface area contributed by atoms with Crippen molar-refractivity contribution >= 4 is 24.1 Å². The summed E-state index contributed by atoms with van der Waals surface area (Å²) in [7, 11) is 0. The maximum absolute atomic E-state index is 12.2. The van der Waals surface area contributed by atoms with Crippen LogP contribution in [0.4, 0.5) is 5.82 Å². The zero-order chi connectivity index (χ0) is 14.5. The Balaban J connectivity index is 0.00000176. The molecule has 0 spiro atoms. The van der Waals surface area contributed by atoms with Crippen LogP contribution in [-0.2, 0) is 6.42 Å². The molecule has 1 aromatic heterocycles. The van der Waals surface area contributed by atoms with Crippen molar-refractivity contribution in [3.8, 4) is 0 Å². The van der Waals surface area contributed by atoms with E-state index in [0.29, 0.717) is 17.3 Å². The van der Waals surface area contributed by atoms with Crippen LogP contribution in [0.15, 0.2) is 42.9 Å². The van der Waals surface area contributed by atoms with Crippen LogP contribution in [0.2, 0.25) is 0 Å². The van der Waals surface area contributed by atoms with E-state index in [9.17, 15) is 4.79 Å². The number of halogens is 1. The fraction of sp³-hybridized carbons (Fsp3) is 0.312. The molecule has 0 bridgehead atoms. The summed E-state index contributed by atoms with van der Waals surface area (Å²) in [5.74, 6) is 1.05. The highest BCUT2D eigenvalue weighted by atomic mass is 35.5. The van der Waals surface area contributed by atoms with E-state index in [1.807, 2.05) is 18.2 Å². The number of aromatic nitrogens is 2. The number of nitrogens with zero attached hydrogens (tertiary/aromatic N) is 2. The van der Waals surface area contributed by atoms with Gasteiger partial charge in [-0.3, -0.25) is 4.79 Å². The minimum absolute atomic E-state index is 0. The quantitative estimate of drug-likeness (QED) is 0.908. The highest BCUT2D eigenvalue weighted by Crippen LogP contribution is 2.16. The Bertz CT molecular complexity index is 615. The molecule has 1 aliphatic heterocycles. The third-order valence-electron chi connectivity index (χ3n) is 3.70. The van der Waals surface area contributed by atoms with E-state index >= 15 is 0 Å². The van der Waals surface area contributed by atoms with Crippen LogP contribution in [0.1, 0.15) is 22.3 Å². The van der Waals surface area contributed by atoms with Crippen molar-refractivity contribution in [2.75, 3.05) is 18.4 Å². The van der Waals surface area contributed by atoms with Gasteiger partial charge in [0.15, 0.2) is 0 Å². The topological polar surface area (TPSA) is 66.9 Å². The number of carbonyl (C=O) groups is 1. The zero-order valence-electron chi connectivity index (χ0n) is 12.2. The number of benzene rings is 1. The lowest BCUT2D eigenvalue weighted by Crippen LogP contribution is -2.14. The Morgan fingerprint density at radius 3 is 3.00 bits per heavy atom. The lowest BCUT2D eigenvalue weighted by Gasteiger charge is -2.10. The van der Waals surface area contributed by atoms with E-state index in [1.54, 1.807) is 12.3 Å². The molecule has 1 aromatic carbocycles. The van der Waals surface area contributed by atoms with Crippen LogP contribution in [0.5, 0.6) is 0 Å². The minimum Gasteiger partial charge on any atom is -0.316 e. The molecule has 0 aliphatic carbocycles. The average Bonchev–Trinajstić information content (AvgIpc) is 3.01. The first-order chi connectivity index (χ1) is 10.3. The standard InChI is InChI=1S/C16H18N4O.ClH/c21-16(20-15-5-7-18-11-19-15)14-3-1-2-12(9-14)8-13-4-6-17-10-13;/h1-3,5,7,9,11,13,17H,4,6,8,10H2,(H,18,19,20,21);1H. The van der Waals surface area contributed by atoms with Gasteiger partial charge in [0, 0.05) is 11.8 Å². The summed E-state index contributed by atoms with van der Waals surface area (Å²) in [4.78, 5) is 20.0. The number of nitrogens with one attached hydrogen (secondary N) is 2. The van der Waals surface area contributed by atoms with Crippen LogP contribution in [0, 0.1) is 5.92 Å². The second-order valence-corrected chi connectivity index (χ2v) is 5.31. The number of amides is 1. The van der Waals surface area contributed by atoms with Gasteiger partial charge >= 0.3 is 0 Å². The van der Waals surface area contributed by atoms with E-state index in [2.05, 4.69) is 26.7 Å². The molecule has 2 N–H and O–H groups in total. The molecule has 2 aromatic rings. The first-order valence-electron chi connectivity index (χ1n) is 7.18. The summed E-state index contributed by atoms with van der Waals surface area (Å²) >= 11 is 0. The van der Waals surface area contributed by atoms with Gasteiger partial charge < -0.3 is 10.6 Å². The highest BCUT2D eigenvalue weighted by molar-refractivity contribution is 6.03. The van der Waals surface area contributed by atoms with Gasteiger partial charge in [-0.15, -0.1) is 12.4 Å². The molecule has 1 unspecified atom stereocenters. The molecular formula is C16H19ClN4O. The van der Waals surface area contributed by atoms with Crippen molar-refractivity contribution in [3.05, 3.63) is 54.0 Å². The second-order valence-electron chi connectivity index (χ2n) is 5.31. The molecule has 1 atom stereocenters. The SMILES string of the molecule is Cl.O=C(Nc1ccncn1)c1cccc(CC2CCNC2)c1. The normalized spacial score (nSPS) is 16.8. The lowest BCUT2D eigenvalue weighted by molar-refractivity contribution is 0.102. The van der Waals surface area contributed by atoms with Crippen molar-refractivity contribution in [3.63, 3.8) is 0 Å². The Kier molecular flexibility index (Phi) is 5.86. The fourth-order valence-electron chi connectivity index (χ4n) is 2.61. The summed E-state index contributed by atoms with van der Waals surface area (Å²) < 4.78 is 0. The monoisotopic (exact) mass is 318 g/mol. The Labute approximate surface area is 136 Å². The molecular weight excluding hydrogens is 300 g/mol. The van der Waals surface area contributed by atoms with Crippen molar-refractivity contribution in [2.45, 2.75) is 12.8 Å². The van der Waals surface area contributed by atoms with Gasteiger partial charge in [0.1, 0.15) is 12.1 Å². The van der Waals surface area contributed by atoms with Crippen molar-refractivity contribution in [2.24, 2.45) is 5.92 Å². The Morgan fingerprint density at radius 1 is 1.36 bits per heavy atom. The molecule has 1 aliphatic rings. The van der Waals surface area contributed by atoms with E-state index in [0.717, 1.165) is 19.5 Å². The molecule has 0 radical (unpaired) electrons. The van der Waals surface area contributed by atoms with Crippen LogP contribution < -0.4 is 10.6 Å². The Hall–Kier alpha value is -1.98. The lowest BCUT2D eigenvalue weighted by atomic mass is 9.97. The third kappa shape index (κ3) is 4.26. The Morgan fingerprint density at radius 2 is 2.27 bits per heavy atom. The number of anilines is 1. The molecule has 5 nitrogen and oxygen atoms in total. The summed E-state index contributed by atoms with van der Waals surface area (Å²) in [5.41, 5.74) is 1.87.